The van der Waals surface area contributed by atoms with E-state index in [2.05, 4.69) is 62.7 Å². The topological polar surface area (TPSA) is 64.3 Å². The molecule has 1 amide bonds. The van der Waals surface area contributed by atoms with Crippen molar-refractivity contribution < 1.29 is 4.79 Å². The Kier molecular flexibility index (Phi) is 6.44. The van der Waals surface area contributed by atoms with Crippen molar-refractivity contribution in [3.05, 3.63) is 53.7 Å². The van der Waals surface area contributed by atoms with E-state index < -0.39 is 0 Å². The van der Waals surface area contributed by atoms with Crippen molar-refractivity contribution in [3.63, 3.8) is 0 Å². The fourth-order valence-corrected chi connectivity index (χ4v) is 4.95. The van der Waals surface area contributed by atoms with Gasteiger partial charge in [0.2, 0.25) is 5.91 Å². The summed E-state index contributed by atoms with van der Waals surface area (Å²) < 4.78 is 0. The van der Waals surface area contributed by atoms with Crippen LogP contribution in [0.3, 0.4) is 0 Å². The lowest BCUT2D eigenvalue weighted by atomic mass is 9.88. The van der Waals surface area contributed by atoms with Gasteiger partial charge in [-0.15, -0.1) is 0 Å². The molecule has 0 radical (unpaired) electrons. The molecule has 5 rings (SSSR count). The van der Waals surface area contributed by atoms with Crippen molar-refractivity contribution in [1.82, 2.24) is 15.1 Å². The maximum absolute atomic E-state index is 13.1. The quantitative estimate of drug-likeness (QED) is 0.582. The van der Waals surface area contributed by atoms with Crippen LogP contribution in [-0.2, 0) is 4.79 Å². The minimum Gasteiger partial charge on any atom is -0.367 e. The summed E-state index contributed by atoms with van der Waals surface area (Å²) in [5, 5.41) is 12.1. The van der Waals surface area contributed by atoms with Gasteiger partial charge in [-0.1, -0.05) is 55.7 Å². The Labute approximate surface area is 195 Å². The second-order valence-corrected chi connectivity index (χ2v) is 9.38. The molecule has 1 aliphatic carbocycles. The van der Waals surface area contributed by atoms with Crippen LogP contribution in [0.5, 0.6) is 0 Å². The number of nitrogens with one attached hydrogen (secondary N) is 2. The number of carbonyl (C=O) groups is 1. The van der Waals surface area contributed by atoms with E-state index in [4.69, 9.17) is 0 Å². The molecule has 1 saturated heterocycles. The van der Waals surface area contributed by atoms with Gasteiger partial charge in [-0.2, -0.15) is 5.10 Å². The molecular weight excluding hydrogens is 410 g/mol. The van der Waals surface area contributed by atoms with Crippen LogP contribution >= 0.6 is 0 Å². The van der Waals surface area contributed by atoms with Crippen molar-refractivity contribution in [2.24, 2.45) is 5.92 Å². The highest BCUT2D eigenvalue weighted by molar-refractivity contribution is 6.02. The summed E-state index contributed by atoms with van der Waals surface area (Å²) in [5.74, 6) is 0.283. The van der Waals surface area contributed by atoms with E-state index in [0.29, 0.717) is 0 Å². The molecule has 0 bridgehead atoms. The number of hydrogen-bond acceptors (Lipinski definition) is 4. The number of amides is 1. The van der Waals surface area contributed by atoms with Crippen LogP contribution in [0.1, 0.15) is 43.4 Å². The molecular formula is C27H33N5O. The van der Waals surface area contributed by atoms with Gasteiger partial charge in [-0.05, 0) is 43.7 Å². The highest BCUT2D eigenvalue weighted by Gasteiger charge is 2.24. The molecule has 2 fully saturated rings. The molecule has 1 aliphatic heterocycles. The van der Waals surface area contributed by atoms with E-state index in [1.807, 2.05) is 24.3 Å². The molecule has 6 nitrogen and oxygen atoms in total. The first-order valence-corrected chi connectivity index (χ1v) is 12.2. The maximum Gasteiger partial charge on any atom is 0.227 e. The van der Waals surface area contributed by atoms with Gasteiger partial charge >= 0.3 is 0 Å². The van der Waals surface area contributed by atoms with Crippen LogP contribution in [0.15, 0.2) is 42.5 Å². The maximum atomic E-state index is 13.1. The van der Waals surface area contributed by atoms with E-state index in [0.717, 1.165) is 85.4 Å². The molecule has 0 atom stereocenters. The Morgan fingerprint density at radius 1 is 1.03 bits per heavy atom. The minimum atomic E-state index is 0.122. The third kappa shape index (κ3) is 4.96. The zero-order valence-corrected chi connectivity index (χ0v) is 19.4. The monoisotopic (exact) mass is 443 g/mol. The molecule has 6 heteroatoms. The number of carbonyl (C=O) groups excluding carboxylic acids is 1. The van der Waals surface area contributed by atoms with Crippen LogP contribution < -0.4 is 10.2 Å². The van der Waals surface area contributed by atoms with Crippen molar-refractivity contribution >= 4 is 40.3 Å². The first-order chi connectivity index (χ1) is 16.2. The standard InChI is InChI=1S/C27H33N5O/c1-31-14-16-32(17-15-31)26-19-24-22(18-25(26)28-27(33)21-10-6-3-7-11-21)23(29-30-24)13-12-20-8-4-2-5-9-20/h2,4-5,8-9,12-13,18-19,21H,3,6-7,10-11,14-17H2,1H3,(H,28,33)(H,29,30)/b13-12+. The Morgan fingerprint density at radius 2 is 1.79 bits per heavy atom. The van der Waals surface area contributed by atoms with Crippen LogP contribution in [0.25, 0.3) is 23.1 Å². The first kappa shape index (κ1) is 21.7. The van der Waals surface area contributed by atoms with Crippen LogP contribution in [0.2, 0.25) is 0 Å². The molecule has 0 spiro atoms. The molecule has 2 aromatic carbocycles. The highest BCUT2D eigenvalue weighted by atomic mass is 16.1. The molecule has 2 heterocycles. The molecule has 3 aromatic rings. The number of nitrogens with zero attached hydrogens (tertiary/aromatic N) is 3. The normalized spacial score (nSPS) is 18.3. The van der Waals surface area contributed by atoms with Gasteiger partial charge < -0.3 is 15.1 Å². The van der Waals surface area contributed by atoms with Gasteiger partial charge in [0.25, 0.3) is 0 Å². The third-order valence-electron chi connectivity index (χ3n) is 7.02. The lowest BCUT2D eigenvalue weighted by Crippen LogP contribution is -2.44. The highest BCUT2D eigenvalue weighted by Crippen LogP contribution is 2.34. The fourth-order valence-electron chi connectivity index (χ4n) is 4.95. The molecule has 1 saturated carbocycles. The number of benzene rings is 2. The number of H-pyrrole nitrogens is 1. The van der Waals surface area contributed by atoms with Gasteiger partial charge in [0.05, 0.1) is 22.6 Å². The largest absolute Gasteiger partial charge is 0.367 e. The van der Waals surface area contributed by atoms with Gasteiger partial charge in [0.1, 0.15) is 0 Å². The number of fused-ring (bicyclic) bond motifs is 1. The lowest BCUT2D eigenvalue weighted by Gasteiger charge is -2.35. The summed E-state index contributed by atoms with van der Waals surface area (Å²) in [4.78, 5) is 17.9. The number of aromatic amines is 1. The smallest absolute Gasteiger partial charge is 0.227 e. The number of rotatable bonds is 5. The first-order valence-electron chi connectivity index (χ1n) is 12.2. The summed E-state index contributed by atoms with van der Waals surface area (Å²) in [7, 11) is 2.16. The SMILES string of the molecule is CN1CCN(c2cc3[nH]nc(/C=C/c4ccccc4)c3cc2NC(=O)C2CCCCC2)CC1. The Balaban J connectivity index is 1.48. The molecule has 1 aromatic heterocycles. The Hall–Kier alpha value is -3.12. The van der Waals surface area contributed by atoms with Crippen LogP contribution in [0, 0.1) is 5.92 Å². The minimum absolute atomic E-state index is 0.122. The van der Waals surface area contributed by atoms with E-state index in [9.17, 15) is 4.79 Å². The van der Waals surface area contributed by atoms with E-state index >= 15 is 0 Å². The van der Waals surface area contributed by atoms with Crippen molar-refractivity contribution in [2.75, 3.05) is 43.4 Å². The summed E-state index contributed by atoms with van der Waals surface area (Å²) in [6.45, 7) is 3.93. The van der Waals surface area contributed by atoms with Gasteiger partial charge in [0, 0.05) is 37.5 Å². The summed E-state index contributed by atoms with van der Waals surface area (Å²) in [6.07, 6.45) is 9.65. The summed E-state index contributed by atoms with van der Waals surface area (Å²) >= 11 is 0. The second-order valence-electron chi connectivity index (χ2n) is 9.38. The number of aromatic nitrogens is 2. The average Bonchev–Trinajstić information content (AvgIpc) is 3.26. The number of hydrogen-bond donors (Lipinski definition) is 2. The second kappa shape index (κ2) is 9.79. The fraction of sp³-hybridized carbons (Fsp3) is 0.407. The molecule has 33 heavy (non-hydrogen) atoms. The summed E-state index contributed by atoms with van der Waals surface area (Å²) in [6, 6.07) is 14.5. The van der Waals surface area contributed by atoms with Crippen molar-refractivity contribution in [3.8, 4) is 0 Å². The molecule has 2 aliphatic rings. The number of likely N-dealkylation sites (N-methyl/N-ethyl adjacent to an activating group) is 1. The van der Waals surface area contributed by atoms with E-state index in [1.165, 1.54) is 6.42 Å². The van der Waals surface area contributed by atoms with Gasteiger partial charge in [-0.3, -0.25) is 9.89 Å². The molecule has 172 valence electrons. The van der Waals surface area contributed by atoms with Gasteiger partial charge in [0.15, 0.2) is 0 Å². The predicted molar refractivity (Wildman–Crippen MR) is 136 cm³/mol. The zero-order chi connectivity index (χ0) is 22.6. The van der Waals surface area contributed by atoms with Crippen LogP contribution in [0.4, 0.5) is 11.4 Å². The Bertz CT molecular complexity index is 1120. The zero-order valence-electron chi connectivity index (χ0n) is 19.4. The molecule has 0 unspecified atom stereocenters. The number of anilines is 2. The van der Waals surface area contributed by atoms with E-state index in [-0.39, 0.29) is 11.8 Å². The summed E-state index contributed by atoms with van der Waals surface area (Å²) in [5.41, 5.74) is 4.99. The van der Waals surface area contributed by atoms with E-state index in [1.54, 1.807) is 0 Å². The van der Waals surface area contributed by atoms with Gasteiger partial charge in [-0.25, -0.2) is 0 Å². The third-order valence-corrected chi connectivity index (χ3v) is 7.02. The van der Waals surface area contributed by atoms with Crippen LogP contribution in [-0.4, -0.2) is 54.2 Å². The average molecular weight is 444 g/mol. The number of piperazine rings is 1. The van der Waals surface area contributed by atoms with Crippen molar-refractivity contribution in [1.29, 1.82) is 0 Å². The predicted octanol–water partition coefficient (Wildman–Crippen LogP) is 5.00. The molecule has 2 N–H and O–H groups in total. The Morgan fingerprint density at radius 3 is 2.55 bits per heavy atom. The lowest BCUT2D eigenvalue weighted by molar-refractivity contribution is -0.120. The van der Waals surface area contributed by atoms with Crippen molar-refractivity contribution in [2.45, 2.75) is 32.1 Å².